The van der Waals surface area contributed by atoms with Crippen molar-refractivity contribution < 1.29 is 27.4 Å². The van der Waals surface area contributed by atoms with Crippen LogP contribution in [0.4, 0.5) is 18.9 Å². The predicted octanol–water partition coefficient (Wildman–Crippen LogP) is 6.00. The lowest BCUT2D eigenvalue weighted by Gasteiger charge is -2.11. The van der Waals surface area contributed by atoms with Crippen molar-refractivity contribution in [2.24, 2.45) is 0 Å². The molecule has 3 aromatic carbocycles. The number of hydrogen-bond acceptors (Lipinski definition) is 5. The molecule has 0 aliphatic heterocycles. The van der Waals surface area contributed by atoms with Gasteiger partial charge in [0, 0.05) is 11.3 Å². The number of hydrogen-bond donors (Lipinski definition) is 1. The first kappa shape index (κ1) is 24.8. The Morgan fingerprint density at radius 2 is 1.72 bits per heavy atom. The van der Waals surface area contributed by atoms with Crippen LogP contribution in [0.5, 0.6) is 11.8 Å². The zero-order chi connectivity index (χ0) is 25.9. The number of rotatable bonds is 7. The van der Waals surface area contributed by atoms with E-state index in [-0.39, 0.29) is 29.4 Å². The van der Waals surface area contributed by atoms with E-state index in [1.807, 2.05) is 0 Å². The van der Waals surface area contributed by atoms with E-state index in [9.17, 15) is 18.0 Å². The average molecular weight is 496 g/mol. The highest BCUT2D eigenvalue weighted by molar-refractivity contribution is 6.06. The molecule has 1 N–H and O–H groups in total. The summed E-state index contributed by atoms with van der Waals surface area (Å²) in [6.07, 6.45) is -4.73. The van der Waals surface area contributed by atoms with Crippen molar-refractivity contribution in [2.75, 3.05) is 12.4 Å². The Kier molecular flexibility index (Phi) is 6.96. The Morgan fingerprint density at radius 1 is 1.00 bits per heavy atom. The average Bonchev–Trinajstić information content (AvgIpc) is 3.27. The van der Waals surface area contributed by atoms with Gasteiger partial charge in [-0.05, 0) is 62.4 Å². The maximum atomic E-state index is 13.3. The van der Waals surface area contributed by atoms with Gasteiger partial charge in [0.1, 0.15) is 5.75 Å². The van der Waals surface area contributed by atoms with Crippen LogP contribution in [0.3, 0.4) is 0 Å². The van der Waals surface area contributed by atoms with Crippen LogP contribution in [0.25, 0.3) is 17.1 Å². The summed E-state index contributed by atoms with van der Waals surface area (Å²) in [5, 5.41) is 7.15. The summed E-state index contributed by atoms with van der Waals surface area (Å²) in [7, 11) is 1.48. The van der Waals surface area contributed by atoms with Gasteiger partial charge in [-0.3, -0.25) is 4.79 Å². The molecule has 186 valence electrons. The minimum Gasteiger partial charge on any atom is -0.496 e. The summed E-state index contributed by atoms with van der Waals surface area (Å²) in [5.41, 5.74) is 0.834. The van der Waals surface area contributed by atoms with Gasteiger partial charge in [0.05, 0.1) is 30.0 Å². The van der Waals surface area contributed by atoms with E-state index in [4.69, 9.17) is 9.47 Å². The number of alkyl halides is 3. The lowest BCUT2D eigenvalue weighted by molar-refractivity contribution is -0.137. The predicted molar refractivity (Wildman–Crippen MR) is 129 cm³/mol. The maximum absolute atomic E-state index is 13.3. The van der Waals surface area contributed by atoms with Crippen molar-refractivity contribution in [3.63, 3.8) is 0 Å². The van der Waals surface area contributed by atoms with E-state index < -0.39 is 11.7 Å². The molecular weight excluding hydrogens is 473 g/mol. The van der Waals surface area contributed by atoms with E-state index in [0.29, 0.717) is 22.7 Å². The first-order chi connectivity index (χ1) is 17.2. The standard InChI is InChI=1S/C26H23F3N4O3/c1-16(2)36-25-31-23(17-7-6-8-18(15-17)26(27,28)29)33(32-25)20-13-11-19(12-14-20)30-24(34)21-9-4-5-10-22(21)35-3/h4-16H,1-3H3,(H,30,34). The Morgan fingerprint density at radius 3 is 2.39 bits per heavy atom. The summed E-state index contributed by atoms with van der Waals surface area (Å²) in [6.45, 7) is 3.59. The quantitative estimate of drug-likeness (QED) is 0.340. The first-order valence-electron chi connectivity index (χ1n) is 11.0. The number of halogens is 3. The van der Waals surface area contributed by atoms with Crippen LogP contribution in [0.2, 0.25) is 0 Å². The van der Waals surface area contributed by atoms with Crippen LogP contribution >= 0.6 is 0 Å². The smallest absolute Gasteiger partial charge is 0.416 e. The molecule has 0 saturated carbocycles. The van der Waals surface area contributed by atoms with Crippen molar-refractivity contribution in [1.82, 2.24) is 14.8 Å². The van der Waals surface area contributed by atoms with Gasteiger partial charge < -0.3 is 14.8 Å². The second-order valence-corrected chi connectivity index (χ2v) is 8.08. The van der Waals surface area contributed by atoms with Crippen LogP contribution in [-0.4, -0.2) is 33.9 Å². The van der Waals surface area contributed by atoms with Gasteiger partial charge in [0.2, 0.25) is 0 Å². The monoisotopic (exact) mass is 496 g/mol. The van der Waals surface area contributed by atoms with Gasteiger partial charge >= 0.3 is 12.2 Å². The normalized spacial score (nSPS) is 11.4. The van der Waals surface area contributed by atoms with Gasteiger partial charge in [-0.2, -0.15) is 18.2 Å². The molecule has 1 heterocycles. The molecule has 0 saturated heterocycles. The van der Waals surface area contributed by atoms with Crippen LogP contribution < -0.4 is 14.8 Å². The van der Waals surface area contributed by atoms with Gasteiger partial charge in [0.15, 0.2) is 5.82 Å². The van der Waals surface area contributed by atoms with E-state index >= 15 is 0 Å². The van der Waals surface area contributed by atoms with E-state index in [0.717, 1.165) is 12.1 Å². The summed E-state index contributed by atoms with van der Waals surface area (Å²) in [6, 6.07) is 18.4. The highest BCUT2D eigenvalue weighted by Gasteiger charge is 2.31. The number of amides is 1. The van der Waals surface area contributed by atoms with Crippen LogP contribution in [0.1, 0.15) is 29.8 Å². The molecular formula is C26H23F3N4O3. The first-order valence-corrected chi connectivity index (χ1v) is 11.0. The molecule has 0 bridgehead atoms. The Balaban J connectivity index is 1.66. The molecule has 0 aliphatic carbocycles. The summed E-state index contributed by atoms with van der Waals surface area (Å²) in [5.74, 6) is 0.276. The van der Waals surface area contributed by atoms with E-state index in [2.05, 4.69) is 15.4 Å². The van der Waals surface area contributed by atoms with Gasteiger partial charge in [-0.15, -0.1) is 5.10 Å². The lowest BCUT2D eigenvalue weighted by Crippen LogP contribution is -2.13. The Bertz CT molecular complexity index is 1370. The number of ether oxygens (including phenoxy) is 2. The van der Waals surface area contributed by atoms with Crippen molar-refractivity contribution >= 4 is 11.6 Å². The topological polar surface area (TPSA) is 78.3 Å². The Hall–Kier alpha value is -4.34. The van der Waals surface area contributed by atoms with Crippen molar-refractivity contribution in [1.29, 1.82) is 0 Å². The minimum absolute atomic E-state index is 0.0333. The van der Waals surface area contributed by atoms with Crippen LogP contribution in [0, 0.1) is 0 Å². The van der Waals surface area contributed by atoms with Crippen molar-refractivity contribution in [3.8, 4) is 28.8 Å². The largest absolute Gasteiger partial charge is 0.496 e. The number of para-hydroxylation sites is 1. The molecule has 0 fully saturated rings. The van der Waals surface area contributed by atoms with E-state index in [1.165, 1.54) is 23.9 Å². The molecule has 0 aliphatic rings. The third-order valence-electron chi connectivity index (χ3n) is 5.10. The fraction of sp³-hybridized carbons (Fsp3) is 0.192. The Labute approximate surface area is 205 Å². The number of carbonyl (C=O) groups is 1. The van der Waals surface area contributed by atoms with Crippen LogP contribution in [-0.2, 0) is 6.18 Å². The fourth-order valence-corrected chi connectivity index (χ4v) is 3.47. The highest BCUT2D eigenvalue weighted by Crippen LogP contribution is 2.33. The molecule has 0 spiro atoms. The highest BCUT2D eigenvalue weighted by atomic mass is 19.4. The number of anilines is 1. The second kappa shape index (κ2) is 10.1. The fourth-order valence-electron chi connectivity index (χ4n) is 3.47. The minimum atomic E-state index is -4.50. The molecule has 0 atom stereocenters. The second-order valence-electron chi connectivity index (χ2n) is 8.08. The zero-order valence-corrected chi connectivity index (χ0v) is 19.7. The third-order valence-corrected chi connectivity index (χ3v) is 5.10. The van der Waals surface area contributed by atoms with E-state index in [1.54, 1.807) is 62.4 Å². The zero-order valence-electron chi connectivity index (χ0n) is 19.7. The lowest BCUT2D eigenvalue weighted by atomic mass is 10.1. The number of nitrogens with one attached hydrogen (secondary N) is 1. The van der Waals surface area contributed by atoms with Gasteiger partial charge in [0.25, 0.3) is 5.91 Å². The summed E-state index contributed by atoms with van der Waals surface area (Å²) in [4.78, 5) is 17.0. The number of carbonyl (C=O) groups excluding carboxylic acids is 1. The van der Waals surface area contributed by atoms with Gasteiger partial charge in [-0.1, -0.05) is 24.3 Å². The molecule has 0 radical (unpaired) electrons. The maximum Gasteiger partial charge on any atom is 0.416 e. The SMILES string of the molecule is COc1ccccc1C(=O)Nc1ccc(-n2nc(OC(C)C)nc2-c2cccc(C(F)(F)F)c2)cc1. The molecule has 36 heavy (non-hydrogen) atoms. The van der Waals surface area contributed by atoms with Crippen molar-refractivity contribution in [3.05, 3.63) is 83.9 Å². The molecule has 0 unspecified atom stereocenters. The summed E-state index contributed by atoms with van der Waals surface area (Å²) < 4.78 is 52.1. The number of methoxy groups -OCH3 is 1. The third kappa shape index (κ3) is 5.48. The number of aromatic nitrogens is 3. The molecule has 1 amide bonds. The number of nitrogens with zero attached hydrogens (tertiary/aromatic N) is 3. The van der Waals surface area contributed by atoms with Gasteiger partial charge in [-0.25, -0.2) is 4.68 Å². The molecule has 4 rings (SSSR count). The molecule has 4 aromatic rings. The number of benzene rings is 3. The van der Waals surface area contributed by atoms with Crippen LogP contribution in [0.15, 0.2) is 72.8 Å². The molecule has 10 heteroatoms. The molecule has 1 aromatic heterocycles. The molecule has 7 nitrogen and oxygen atoms in total. The summed E-state index contributed by atoms with van der Waals surface area (Å²) >= 11 is 0. The van der Waals surface area contributed by atoms with Crippen molar-refractivity contribution in [2.45, 2.75) is 26.1 Å².